The van der Waals surface area contributed by atoms with Crippen molar-refractivity contribution in [2.45, 2.75) is 25.6 Å². The Hall–Kier alpha value is -2.13. The summed E-state index contributed by atoms with van der Waals surface area (Å²) in [6.07, 6.45) is -0.834. The van der Waals surface area contributed by atoms with Crippen LogP contribution in [0.25, 0.3) is 0 Å². The van der Waals surface area contributed by atoms with Crippen molar-refractivity contribution in [3.8, 4) is 0 Å². The molecule has 0 bridgehead atoms. The number of nitrogens with one attached hydrogen (secondary N) is 1. The summed E-state index contributed by atoms with van der Waals surface area (Å²) in [6, 6.07) is 7.04. The topological polar surface area (TPSA) is 113 Å². The van der Waals surface area contributed by atoms with Crippen molar-refractivity contribution < 1.29 is 27.3 Å². The number of hydrogen-bond donors (Lipinski definition) is 2. The van der Waals surface area contributed by atoms with Gasteiger partial charge in [0.05, 0.1) is 6.04 Å². The fraction of sp³-hybridized carbons (Fsp3) is 0.333. The van der Waals surface area contributed by atoms with E-state index in [0.29, 0.717) is 4.31 Å². The lowest BCUT2D eigenvalue weighted by Gasteiger charge is -2.41. The van der Waals surface area contributed by atoms with Gasteiger partial charge in [0, 0.05) is 0 Å². The molecule has 9 heteroatoms. The maximum Gasteiger partial charge on any atom is 0.408 e. The van der Waals surface area contributed by atoms with Gasteiger partial charge in [0.2, 0.25) is 0 Å². The highest BCUT2D eigenvalue weighted by atomic mass is 32.2. The third kappa shape index (κ3) is 3.31. The van der Waals surface area contributed by atoms with Crippen LogP contribution < -0.4 is 5.32 Å². The minimum absolute atomic E-state index is 0.0317. The first-order chi connectivity index (χ1) is 9.80. The van der Waals surface area contributed by atoms with Gasteiger partial charge in [0.1, 0.15) is 12.6 Å². The number of hydrogen-bond acceptors (Lipinski definition) is 5. The zero-order valence-electron chi connectivity index (χ0n) is 11.1. The lowest BCUT2D eigenvalue weighted by atomic mass is 10.0. The van der Waals surface area contributed by atoms with E-state index in [9.17, 15) is 18.0 Å². The molecule has 1 saturated heterocycles. The maximum absolute atomic E-state index is 11.6. The molecule has 1 aromatic rings. The summed E-state index contributed by atoms with van der Waals surface area (Å²) in [5, 5.41) is 2.26. The highest BCUT2D eigenvalue weighted by molar-refractivity contribution is 7.84. The largest absolute Gasteiger partial charge is 0.445 e. The first kappa shape index (κ1) is 15.3. The van der Waals surface area contributed by atoms with E-state index >= 15 is 0 Å². The van der Waals surface area contributed by atoms with Gasteiger partial charge in [-0.3, -0.25) is 9.35 Å². The number of benzene rings is 1. The zero-order chi connectivity index (χ0) is 15.6. The van der Waals surface area contributed by atoms with Crippen molar-refractivity contribution in [3.05, 3.63) is 35.9 Å². The van der Waals surface area contributed by atoms with Crippen molar-refractivity contribution in [1.29, 1.82) is 0 Å². The van der Waals surface area contributed by atoms with Crippen LogP contribution in [0.3, 0.4) is 0 Å². The molecule has 114 valence electrons. The maximum atomic E-state index is 11.6. The van der Waals surface area contributed by atoms with Crippen molar-refractivity contribution in [2.75, 3.05) is 0 Å². The highest BCUT2D eigenvalue weighted by Crippen LogP contribution is 2.22. The van der Waals surface area contributed by atoms with Crippen LogP contribution in [0, 0.1) is 0 Å². The van der Waals surface area contributed by atoms with E-state index in [2.05, 4.69) is 5.32 Å². The Bertz CT molecular complexity index is 645. The molecule has 1 aromatic carbocycles. The Kier molecular flexibility index (Phi) is 4.14. The molecular weight excluding hydrogens is 300 g/mol. The fourth-order valence-electron chi connectivity index (χ4n) is 2.00. The van der Waals surface area contributed by atoms with Crippen molar-refractivity contribution >= 4 is 22.3 Å². The lowest BCUT2D eigenvalue weighted by Crippen LogP contribution is -2.70. The number of nitrogens with zero attached hydrogens (tertiary/aromatic N) is 1. The summed E-state index contributed by atoms with van der Waals surface area (Å²) < 4.78 is 35.8. The van der Waals surface area contributed by atoms with Crippen molar-refractivity contribution in [1.82, 2.24) is 9.62 Å². The third-order valence-corrected chi connectivity index (χ3v) is 4.08. The van der Waals surface area contributed by atoms with Gasteiger partial charge in [-0.2, -0.15) is 8.42 Å². The molecule has 2 atom stereocenters. The van der Waals surface area contributed by atoms with Crippen LogP contribution in [-0.4, -0.2) is 41.4 Å². The van der Waals surface area contributed by atoms with E-state index in [1.165, 1.54) is 6.92 Å². The Morgan fingerprint density at radius 2 is 2.00 bits per heavy atom. The standard InChI is InChI=1S/C12H14N2O6S/c1-8-10(11(15)14(8)21(17,18)19)13-12(16)20-7-9-5-3-2-4-6-9/h2-6,8,10H,7H2,1H3,(H,13,16)(H,17,18,19)/t8-,10?/m1/s1. The quantitative estimate of drug-likeness (QED) is 0.611. The van der Waals surface area contributed by atoms with E-state index in [4.69, 9.17) is 9.29 Å². The average molecular weight is 314 g/mol. The summed E-state index contributed by atoms with van der Waals surface area (Å²) in [6.45, 7) is 1.42. The normalized spacial score (nSPS) is 21.6. The monoisotopic (exact) mass is 314 g/mol. The lowest BCUT2D eigenvalue weighted by molar-refractivity contribution is -0.141. The predicted molar refractivity (Wildman–Crippen MR) is 71.4 cm³/mol. The number of β-lactam (4-membered cyclic amide) rings is 1. The molecule has 0 radical (unpaired) electrons. The summed E-state index contributed by atoms with van der Waals surface area (Å²) in [4.78, 5) is 23.1. The number of carbonyl (C=O) groups excluding carboxylic acids is 2. The summed E-state index contributed by atoms with van der Waals surface area (Å²) in [5.41, 5.74) is 0.778. The van der Waals surface area contributed by atoms with Crippen LogP contribution in [0.4, 0.5) is 4.79 Å². The van der Waals surface area contributed by atoms with E-state index in [1.807, 2.05) is 6.07 Å². The third-order valence-electron chi connectivity index (χ3n) is 3.07. The van der Waals surface area contributed by atoms with Gasteiger partial charge in [-0.25, -0.2) is 9.10 Å². The molecule has 0 aromatic heterocycles. The van der Waals surface area contributed by atoms with Crippen LogP contribution in [0.15, 0.2) is 30.3 Å². The van der Waals surface area contributed by atoms with E-state index in [-0.39, 0.29) is 6.61 Å². The molecule has 2 amide bonds. The Balaban J connectivity index is 1.86. The van der Waals surface area contributed by atoms with Gasteiger partial charge < -0.3 is 10.1 Å². The molecule has 1 fully saturated rings. The minimum Gasteiger partial charge on any atom is -0.445 e. The van der Waals surface area contributed by atoms with E-state index in [0.717, 1.165) is 5.56 Å². The average Bonchev–Trinajstić information content (AvgIpc) is 2.42. The Morgan fingerprint density at radius 3 is 2.52 bits per heavy atom. The molecule has 1 unspecified atom stereocenters. The number of alkyl carbamates (subject to hydrolysis) is 1. The minimum atomic E-state index is -4.60. The van der Waals surface area contributed by atoms with Gasteiger partial charge in [0.25, 0.3) is 5.91 Å². The Morgan fingerprint density at radius 1 is 1.38 bits per heavy atom. The van der Waals surface area contributed by atoms with Gasteiger partial charge in [0.15, 0.2) is 0 Å². The molecule has 2 rings (SSSR count). The van der Waals surface area contributed by atoms with Gasteiger partial charge in [-0.05, 0) is 12.5 Å². The van der Waals surface area contributed by atoms with Crippen LogP contribution in [0.5, 0.6) is 0 Å². The second kappa shape index (κ2) is 5.70. The molecule has 0 aliphatic carbocycles. The molecule has 1 aliphatic heterocycles. The summed E-state index contributed by atoms with van der Waals surface area (Å²) in [5.74, 6) is -0.901. The number of amides is 2. The molecule has 8 nitrogen and oxygen atoms in total. The molecule has 1 aliphatic rings. The number of ether oxygens (including phenoxy) is 1. The molecule has 2 N–H and O–H groups in total. The zero-order valence-corrected chi connectivity index (χ0v) is 11.9. The fourth-order valence-corrected chi connectivity index (χ4v) is 2.88. The van der Waals surface area contributed by atoms with Crippen molar-refractivity contribution in [2.24, 2.45) is 0 Å². The smallest absolute Gasteiger partial charge is 0.408 e. The first-order valence-electron chi connectivity index (χ1n) is 6.08. The van der Waals surface area contributed by atoms with E-state index in [1.54, 1.807) is 24.3 Å². The van der Waals surface area contributed by atoms with Gasteiger partial charge >= 0.3 is 16.4 Å². The highest BCUT2D eigenvalue weighted by Gasteiger charge is 2.51. The summed E-state index contributed by atoms with van der Waals surface area (Å²) >= 11 is 0. The van der Waals surface area contributed by atoms with Crippen LogP contribution in [0.1, 0.15) is 12.5 Å². The second-order valence-electron chi connectivity index (χ2n) is 4.54. The SMILES string of the molecule is C[C@@H]1C(NC(=O)OCc2ccccc2)C(=O)N1S(=O)(=O)O. The van der Waals surface area contributed by atoms with E-state index < -0.39 is 34.4 Å². The molecular formula is C12H14N2O6S. The number of rotatable bonds is 4. The van der Waals surface area contributed by atoms with Crippen molar-refractivity contribution in [3.63, 3.8) is 0 Å². The number of carbonyl (C=O) groups is 2. The Labute approximate surface area is 121 Å². The van der Waals surface area contributed by atoms with Crippen LogP contribution in [0.2, 0.25) is 0 Å². The predicted octanol–water partition coefficient (Wildman–Crippen LogP) is 0.315. The van der Waals surface area contributed by atoms with Gasteiger partial charge in [-0.1, -0.05) is 30.3 Å². The molecule has 0 saturated carbocycles. The first-order valence-corrected chi connectivity index (χ1v) is 7.48. The van der Waals surface area contributed by atoms with Gasteiger partial charge in [-0.15, -0.1) is 0 Å². The van der Waals surface area contributed by atoms with Crippen LogP contribution >= 0.6 is 0 Å². The molecule has 21 heavy (non-hydrogen) atoms. The molecule has 1 heterocycles. The van der Waals surface area contributed by atoms with Crippen LogP contribution in [-0.2, 0) is 26.4 Å². The summed E-state index contributed by atoms with van der Waals surface area (Å²) in [7, 11) is -4.60. The second-order valence-corrected chi connectivity index (χ2v) is 5.83. The molecule has 0 spiro atoms.